The Morgan fingerprint density at radius 3 is 3.00 bits per heavy atom. The normalized spacial score (nSPS) is 10.5. The van der Waals surface area contributed by atoms with Crippen molar-refractivity contribution in [3.05, 3.63) is 36.9 Å². The standard InChI is InChI=1S/C10H7N5O/c1-2-7(12-3-1)10-14-9(15-16-10)8-6-11-4-5-13-8/h1-6,12H. The average molecular weight is 213 g/mol. The van der Waals surface area contributed by atoms with Crippen molar-refractivity contribution in [2.45, 2.75) is 0 Å². The lowest BCUT2D eigenvalue weighted by atomic mass is 10.4. The molecule has 78 valence electrons. The molecule has 0 spiro atoms. The summed E-state index contributed by atoms with van der Waals surface area (Å²) in [5, 5.41) is 3.83. The van der Waals surface area contributed by atoms with Gasteiger partial charge in [-0.05, 0) is 12.1 Å². The van der Waals surface area contributed by atoms with Gasteiger partial charge in [0.2, 0.25) is 5.82 Å². The summed E-state index contributed by atoms with van der Waals surface area (Å²) in [4.78, 5) is 15.2. The fourth-order valence-corrected chi connectivity index (χ4v) is 1.31. The average Bonchev–Trinajstić information content (AvgIpc) is 3.01. The van der Waals surface area contributed by atoms with Crippen molar-refractivity contribution in [2.75, 3.05) is 0 Å². The molecule has 1 N–H and O–H groups in total. The van der Waals surface area contributed by atoms with E-state index < -0.39 is 0 Å². The highest BCUT2D eigenvalue weighted by Crippen LogP contribution is 2.18. The van der Waals surface area contributed by atoms with Crippen LogP contribution in [0.2, 0.25) is 0 Å². The first-order chi connectivity index (χ1) is 7.93. The molecular weight excluding hydrogens is 206 g/mol. The highest BCUT2D eigenvalue weighted by molar-refractivity contribution is 5.53. The molecule has 0 aromatic carbocycles. The third-order valence-corrected chi connectivity index (χ3v) is 2.05. The fraction of sp³-hybridized carbons (Fsp3) is 0. The molecule has 0 atom stereocenters. The van der Waals surface area contributed by atoms with Gasteiger partial charge in [-0.25, -0.2) is 4.98 Å². The fourth-order valence-electron chi connectivity index (χ4n) is 1.31. The third kappa shape index (κ3) is 1.46. The van der Waals surface area contributed by atoms with Crippen molar-refractivity contribution < 1.29 is 4.52 Å². The molecule has 0 bridgehead atoms. The first kappa shape index (κ1) is 8.78. The largest absolute Gasteiger partial charge is 0.357 e. The SMILES string of the molecule is c1c[nH]c(-c2nc(-c3cnccn3)no2)c1. The van der Waals surface area contributed by atoms with E-state index in [1.807, 2.05) is 12.1 Å². The summed E-state index contributed by atoms with van der Waals surface area (Å²) in [6.45, 7) is 0. The van der Waals surface area contributed by atoms with Gasteiger partial charge in [-0.15, -0.1) is 0 Å². The quantitative estimate of drug-likeness (QED) is 0.698. The van der Waals surface area contributed by atoms with Gasteiger partial charge < -0.3 is 9.51 Å². The number of H-pyrrole nitrogens is 1. The van der Waals surface area contributed by atoms with Gasteiger partial charge in [-0.3, -0.25) is 4.98 Å². The summed E-state index contributed by atoms with van der Waals surface area (Å²) in [6.07, 6.45) is 6.56. The maximum atomic E-state index is 5.10. The molecule has 3 heterocycles. The number of aromatic nitrogens is 5. The Morgan fingerprint density at radius 2 is 2.25 bits per heavy atom. The van der Waals surface area contributed by atoms with E-state index in [9.17, 15) is 0 Å². The third-order valence-electron chi connectivity index (χ3n) is 2.05. The summed E-state index contributed by atoms with van der Waals surface area (Å²) in [5.74, 6) is 0.864. The van der Waals surface area contributed by atoms with Gasteiger partial charge in [0, 0.05) is 18.6 Å². The smallest absolute Gasteiger partial charge is 0.274 e. The Bertz CT molecular complexity index is 572. The molecule has 0 radical (unpaired) electrons. The molecule has 0 fully saturated rings. The molecule has 0 aliphatic carbocycles. The van der Waals surface area contributed by atoms with E-state index >= 15 is 0 Å². The Hall–Kier alpha value is -2.50. The van der Waals surface area contributed by atoms with Crippen LogP contribution < -0.4 is 0 Å². The van der Waals surface area contributed by atoms with E-state index in [-0.39, 0.29) is 0 Å². The Labute approximate surface area is 90.4 Å². The number of rotatable bonds is 2. The van der Waals surface area contributed by atoms with Crippen molar-refractivity contribution >= 4 is 0 Å². The second-order valence-electron chi connectivity index (χ2n) is 3.10. The van der Waals surface area contributed by atoms with Crippen molar-refractivity contribution in [3.63, 3.8) is 0 Å². The first-order valence-electron chi connectivity index (χ1n) is 4.67. The molecule has 16 heavy (non-hydrogen) atoms. The topological polar surface area (TPSA) is 80.5 Å². The van der Waals surface area contributed by atoms with Crippen LogP contribution in [0.1, 0.15) is 0 Å². The molecule has 3 aromatic rings. The van der Waals surface area contributed by atoms with Crippen LogP contribution in [0.15, 0.2) is 41.4 Å². The minimum Gasteiger partial charge on any atom is -0.357 e. The van der Waals surface area contributed by atoms with E-state index in [4.69, 9.17) is 4.52 Å². The Kier molecular flexibility index (Phi) is 1.96. The molecule has 0 aliphatic rings. The van der Waals surface area contributed by atoms with Gasteiger partial charge in [-0.2, -0.15) is 4.98 Å². The van der Waals surface area contributed by atoms with E-state index in [0.29, 0.717) is 17.4 Å². The summed E-state index contributed by atoms with van der Waals surface area (Å²) in [5.41, 5.74) is 1.37. The van der Waals surface area contributed by atoms with E-state index in [1.165, 1.54) is 0 Å². The van der Waals surface area contributed by atoms with Crippen LogP contribution in [0.3, 0.4) is 0 Å². The lowest BCUT2D eigenvalue weighted by molar-refractivity contribution is 0.431. The number of hydrogen-bond donors (Lipinski definition) is 1. The molecule has 0 unspecified atom stereocenters. The Balaban J connectivity index is 2.00. The zero-order valence-corrected chi connectivity index (χ0v) is 8.16. The van der Waals surface area contributed by atoms with Crippen molar-refractivity contribution in [1.82, 2.24) is 25.1 Å². The van der Waals surface area contributed by atoms with Gasteiger partial charge in [0.25, 0.3) is 5.89 Å². The molecular formula is C10H7N5O. The van der Waals surface area contributed by atoms with Crippen LogP contribution in [0.4, 0.5) is 0 Å². The molecule has 6 nitrogen and oxygen atoms in total. The number of hydrogen-bond acceptors (Lipinski definition) is 5. The van der Waals surface area contributed by atoms with E-state index in [1.54, 1.807) is 24.8 Å². The maximum absolute atomic E-state index is 5.10. The number of nitrogens with zero attached hydrogens (tertiary/aromatic N) is 4. The molecule has 3 aromatic heterocycles. The van der Waals surface area contributed by atoms with Gasteiger partial charge in [0.15, 0.2) is 0 Å². The van der Waals surface area contributed by atoms with Gasteiger partial charge in [-0.1, -0.05) is 5.16 Å². The van der Waals surface area contributed by atoms with Gasteiger partial charge in [0.05, 0.1) is 6.20 Å². The minimum atomic E-state index is 0.428. The number of aromatic amines is 1. The van der Waals surface area contributed by atoms with Crippen LogP contribution in [-0.4, -0.2) is 25.1 Å². The minimum absolute atomic E-state index is 0.428. The second kappa shape index (κ2) is 3.58. The lowest BCUT2D eigenvalue weighted by Crippen LogP contribution is -1.86. The molecule has 3 rings (SSSR count). The molecule has 0 amide bonds. The van der Waals surface area contributed by atoms with E-state index in [0.717, 1.165) is 5.69 Å². The summed E-state index contributed by atoms with van der Waals surface area (Å²) < 4.78 is 5.10. The summed E-state index contributed by atoms with van der Waals surface area (Å²) in [6, 6.07) is 3.72. The van der Waals surface area contributed by atoms with Crippen LogP contribution in [0.25, 0.3) is 23.1 Å². The maximum Gasteiger partial charge on any atom is 0.274 e. The zero-order valence-electron chi connectivity index (χ0n) is 8.16. The van der Waals surface area contributed by atoms with Gasteiger partial charge in [0.1, 0.15) is 11.4 Å². The monoisotopic (exact) mass is 213 g/mol. The molecule has 0 aliphatic heterocycles. The molecule has 0 saturated carbocycles. The van der Waals surface area contributed by atoms with Gasteiger partial charge >= 0.3 is 0 Å². The highest BCUT2D eigenvalue weighted by Gasteiger charge is 2.11. The van der Waals surface area contributed by atoms with E-state index in [2.05, 4.69) is 25.1 Å². The first-order valence-corrected chi connectivity index (χ1v) is 4.67. The van der Waals surface area contributed by atoms with Crippen LogP contribution in [0.5, 0.6) is 0 Å². The summed E-state index contributed by atoms with van der Waals surface area (Å²) in [7, 11) is 0. The van der Waals surface area contributed by atoms with Crippen molar-refractivity contribution in [1.29, 1.82) is 0 Å². The predicted molar refractivity (Wildman–Crippen MR) is 55.1 cm³/mol. The lowest BCUT2D eigenvalue weighted by Gasteiger charge is -1.88. The molecule has 6 heteroatoms. The van der Waals surface area contributed by atoms with Crippen LogP contribution in [0, 0.1) is 0 Å². The summed E-state index contributed by atoms with van der Waals surface area (Å²) >= 11 is 0. The zero-order chi connectivity index (χ0) is 10.8. The molecule has 0 saturated heterocycles. The van der Waals surface area contributed by atoms with Crippen LogP contribution in [-0.2, 0) is 0 Å². The van der Waals surface area contributed by atoms with Crippen molar-refractivity contribution in [3.8, 4) is 23.1 Å². The van der Waals surface area contributed by atoms with Crippen LogP contribution >= 0.6 is 0 Å². The second-order valence-corrected chi connectivity index (χ2v) is 3.10. The highest BCUT2D eigenvalue weighted by atomic mass is 16.5. The Morgan fingerprint density at radius 1 is 1.25 bits per heavy atom. The number of nitrogens with one attached hydrogen (secondary N) is 1. The predicted octanol–water partition coefficient (Wildman–Crippen LogP) is 1.52. The van der Waals surface area contributed by atoms with Crippen molar-refractivity contribution in [2.24, 2.45) is 0 Å².